The third kappa shape index (κ3) is 4.33. The Morgan fingerprint density at radius 3 is 2.59 bits per heavy atom. The van der Waals surface area contributed by atoms with Gasteiger partial charge in [0.25, 0.3) is 5.91 Å². The maximum absolute atomic E-state index is 13.0. The van der Waals surface area contributed by atoms with Gasteiger partial charge in [0, 0.05) is 12.3 Å². The number of para-hydroxylation sites is 1. The molecule has 1 aliphatic rings. The number of hydrogen-bond acceptors (Lipinski definition) is 7. The minimum absolute atomic E-state index is 0.0647. The van der Waals surface area contributed by atoms with E-state index in [4.69, 9.17) is 12.2 Å². The molecule has 3 aromatic rings. The van der Waals surface area contributed by atoms with E-state index < -0.39 is 5.97 Å². The molecular weight excluding hydrogens is 466 g/mol. The fourth-order valence-corrected chi connectivity index (χ4v) is 5.18. The van der Waals surface area contributed by atoms with Gasteiger partial charge in [0.1, 0.15) is 0 Å². The van der Waals surface area contributed by atoms with Crippen LogP contribution in [-0.2, 0) is 9.59 Å². The number of rotatable bonds is 5. The molecule has 1 saturated heterocycles. The first kappa shape index (κ1) is 21.9. The molecule has 2 amide bonds. The molecule has 4 rings (SSSR count). The van der Waals surface area contributed by atoms with Crippen LogP contribution in [0.2, 0.25) is 0 Å². The number of hydrogen-bond donors (Lipinski definition) is 1. The van der Waals surface area contributed by atoms with Crippen LogP contribution in [0.4, 0.5) is 16.5 Å². The SMILES string of the molecule is CC(=O)N(c1ccccc1)c1nc(/C=C2\SC(=S)N(c3cccc(C(=O)O)c3)C2=O)cs1. The zero-order valence-electron chi connectivity index (χ0n) is 16.6. The van der Waals surface area contributed by atoms with Gasteiger partial charge >= 0.3 is 5.97 Å². The van der Waals surface area contributed by atoms with Crippen LogP contribution in [0.25, 0.3) is 6.08 Å². The van der Waals surface area contributed by atoms with E-state index in [2.05, 4.69) is 4.98 Å². The molecule has 7 nitrogen and oxygen atoms in total. The second-order valence-corrected chi connectivity index (χ2v) is 9.13. The van der Waals surface area contributed by atoms with Gasteiger partial charge in [0.15, 0.2) is 9.45 Å². The van der Waals surface area contributed by atoms with Gasteiger partial charge in [-0.1, -0.05) is 48.2 Å². The van der Waals surface area contributed by atoms with Crippen molar-refractivity contribution in [1.29, 1.82) is 0 Å². The quantitative estimate of drug-likeness (QED) is 0.408. The summed E-state index contributed by atoms with van der Waals surface area (Å²) in [4.78, 5) is 44.1. The Hall–Kier alpha value is -3.34. The lowest BCUT2D eigenvalue weighted by molar-refractivity contribution is -0.116. The van der Waals surface area contributed by atoms with E-state index >= 15 is 0 Å². The monoisotopic (exact) mass is 481 g/mol. The van der Waals surface area contributed by atoms with Crippen molar-refractivity contribution in [3.63, 3.8) is 0 Å². The normalized spacial score (nSPS) is 14.8. The molecule has 0 bridgehead atoms. The molecule has 0 unspecified atom stereocenters. The Morgan fingerprint density at radius 1 is 1.16 bits per heavy atom. The second kappa shape index (κ2) is 9.03. The number of benzene rings is 2. The summed E-state index contributed by atoms with van der Waals surface area (Å²) in [5.41, 5.74) is 1.68. The van der Waals surface area contributed by atoms with Crippen LogP contribution < -0.4 is 9.80 Å². The predicted octanol–water partition coefficient (Wildman–Crippen LogP) is 4.93. The number of thiocarbonyl (C=S) groups is 1. The number of nitrogens with zero attached hydrogens (tertiary/aromatic N) is 3. The van der Waals surface area contributed by atoms with Crippen LogP contribution in [0, 0.1) is 0 Å². The number of carbonyl (C=O) groups is 3. The van der Waals surface area contributed by atoms with Crippen molar-refractivity contribution in [2.45, 2.75) is 6.92 Å². The lowest BCUT2D eigenvalue weighted by Gasteiger charge is -2.17. The molecule has 0 radical (unpaired) electrons. The Balaban J connectivity index is 1.62. The van der Waals surface area contributed by atoms with E-state index in [1.807, 2.05) is 30.3 Å². The Morgan fingerprint density at radius 2 is 1.91 bits per heavy atom. The van der Waals surface area contributed by atoms with E-state index in [1.165, 1.54) is 40.2 Å². The molecule has 160 valence electrons. The Bertz CT molecular complexity index is 1270. The molecule has 0 saturated carbocycles. The molecular formula is C22H15N3O4S3. The van der Waals surface area contributed by atoms with Gasteiger partial charge in [-0.2, -0.15) is 0 Å². The van der Waals surface area contributed by atoms with Crippen LogP contribution in [0.1, 0.15) is 23.0 Å². The fraction of sp³-hybridized carbons (Fsp3) is 0.0455. The molecule has 2 aromatic carbocycles. The smallest absolute Gasteiger partial charge is 0.335 e. The summed E-state index contributed by atoms with van der Waals surface area (Å²) in [6.07, 6.45) is 1.61. The lowest BCUT2D eigenvalue weighted by atomic mass is 10.2. The van der Waals surface area contributed by atoms with Crippen molar-refractivity contribution >= 4 is 80.0 Å². The van der Waals surface area contributed by atoms with Gasteiger partial charge in [-0.15, -0.1) is 11.3 Å². The minimum atomic E-state index is -1.09. The van der Waals surface area contributed by atoms with Crippen LogP contribution in [0.5, 0.6) is 0 Å². The van der Waals surface area contributed by atoms with Gasteiger partial charge in [0.2, 0.25) is 5.91 Å². The zero-order valence-corrected chi connectivity index (χ0v) is 19.0. The fourth-order valence-electron chi connectivity index (χ4n) is 3.05. The maximum Gasteiger partial charge on any atom is 0.335 e. The Labute approximate surface area is 197 Å². The molecule has 0 spiro atoms. The average Bonchev–Trinajstić information content (AvgIpc) is 3.33. The predicted molar refractivity (Wildman–Crippen MR) is 130 cm³/mol. The van der Waals surface area contributed by atoms with E-state index in [1.54, 1.807) is 23.6 Å². The summed E-state index contributed by atoms with van der Waals surface area (Å²) in [6.45, 7) is 1.46. The number of aromatic nitrogens is 1. The topological polar surface area (TPSA) is 90.8 Å². The summed E-state index contributed by atoms with van der Waals surface area (Å²) in [6, 6.07) is 15.2. The number of aromatic carboxylic acids is 1. The first-order valence-corrected chi connectivity index (χ1v) is 11.4. The summed E-state index contributed by atoms with van der Waals surface area (Å²) >= 11 is 7.75. The lowest BCUT2D eigenvalue weighted by Crippen LogP contribution is -2.27. The highest BCUT2D eigenvalue weighted by atomic mass is 32.2. The van der Waals surface area contributed by atoms with E-state index in [0.717, 1.165) is 11.8 Å². The number of thiazole rings is 1. The van der Waals surface area contributed by atoms with E-state index in [0.29, 0.717) is 31.4 Å². The van der Waals surface area contributed by atoms with Crippen molar-refractivity contribution in [2.24, 2.45) is 0 Å². The second-order valence-electron chi connectivity index (χ2n) is 6.62. The summed E-state index contributed by atoms with van der Waals surface area (Å²) in [7, 11) is 0. The first-order valence-electron chi connectivity index (χ1n) is 9.28. The standard InChI is InChI=1S/C22H15N3O4S3/c1-13(26)24(16-7-3-2-4-8-16)21-23-15(12-31-21)11-18-19(27)25(22(30)32-18)17-9-5-6-14(10-17)20(28)29/h2-12H,1H3,(H,28,29)/b18-11-. The molecule has 2 heterocycles. The zero-order chi connectivity index (χ0) is 22.8. The first-order chi connectivity index (χ1) is 15.3. The van der Waals surface area contributed by atoms with Gasteiger partial charge in [0.05, 0.1) is 27.5 Å². The van der Waals surface area contributed by atoms with Gasteiger partial charge < -0.3 is 5.11 Å². The molecule has 1 N–H and O–H groups in total. The van der Waals surface area contributed by atoms with Gasteiger partial charge in [-0.25, -0.2) is 9.78 Å². The van der Waals surface area contributed by atoms with Crippen LogP contribution in [0.3, 0.4) is 0 Å². The maximum atomic E-state index is 13.0. The van der Waals surface area contributed by atoms with E-state index in [9.17, 15) is 19.5 Å². The summed E-state index contributed by atoms with van der Waals surface area (Å²) in [5.74, 6) is -1.62. The van der Waals surface area contributed by atoms with Gasteiger partial charge in [-0.05, 0) is 36.4 Å². The third-order valence-electron chi connectivity index (χ3n) is 4.45. The van der Waals surface area contributed by atoms with Crippen molar-refractivity contribution in [3.05, 3.63) is 76.1 Å². The number of carboxylic acid groups (broad SMARTS) is 1. The van der Waals surface area contributed by atoms with Crippen molar-refractivity contribution in [2.75, 3.05) is 9.80 Å². The average molecular weight is 482 g/mol. The number of amides is 2. The van der Waals surface area contributed by atoms with Crippen LogP contribution in [0.15, 0.2) is 64.9 Å². The highest BCUT2D eigenvalue weighted by Crippen LogP contribution is 2.37. The van der Waals surface area contributed by atoms with Crippen LogP contribution >= 0.6 is 35.3 Å². The minimum Gasteiger partial charge on any atom is -0.478 e. The highest BCUT2D eigenvalue weighted by molar-refractivity contribution is 8.27. The molecule has 32 heavy (non-hydrogen) atoms. The summed E-state index contributed by atoms with van der Waals surface area (Å²) < 4.78 is 0.300. The number of thioether (sulfide) groups is 1. The molecule has 1 aromatic heterocycles. The third-order valence-corrected chi connectivity index (χ3v) is 6.60. The van der Waals surface area contributed by atoms with Crippen molar-refractivity contribution < 1.29 is 19.5 Å². The van der Waals surface area contributed by atoms with Crippen molar-refractivity contribution in [3.8, 4) is 0 Å². The van der Waals surface area contributed by atoms with Crippen molar-refractivity contribution in [1.82, 2.24) is 4.98 Å². The largest absolute Gasteiger partial charge is 0.478 e. The Kier molecular flexibility index (Phi) is 6.17. The number of anilines is 3. The molecule has 10 heteroatoms. The molecule has 0 atom stereocenters. The number of carboxylic acids is 1. The molecule has 1 aliphatic heterocycles. The summed E-state index contributed by atoms with van der Waals surface area (Å²) in [5, 5.41) is 11.5. The molecule has 1 fully saturated rings. The highest BCUT2D eigenvalue weighted by Gasteiger charge is 2.34. The number of carbonyl (C=O) groups excluding carboxylic acids is 2. The van der Waals surface area contributed by atoms with Crippen LogP contribution in [-0.4, -0.2) is 32.2 Å². The van der Waals surface area contributed by atoms with Gasteiger partial charge in [-0.3, -0.25) is 19.4 Å². The molecule has 0 aliphatic carbocycles. The van der Waals surface area contributed by atoms with E-state index in [-0.39, 0.29) is 17.4 Å².